The maximum atomic E-state index is 12.5. The average molecular weight is 398 g/mol. The number of carbonyl (C=O) groups is 2. The van der Waals surface area contributed by atoms with Crippen LogP contribution in [0.2, 0.25) is 0 Å². The van der Waals surface area contributed by atoms with Crippen LogP contribution in [0.4, 0.5) is 11.4 Å². The van der Waals surface area contributed by atoms with E-state index in [4.69, 9.17) is 0 Å². The van der Waals surface area contributed by atoms with Crippen molar-refractivity contribution in [2.45, 2.75) is 32.1 Å². The average Bonchev–Trinajstić information content (AvgIpc) is 3.29. The lowest BCUT2D eigenvalue weighted by Crippen LogP contribution is -2.48. The number of rotatable bonds is 4. The van der Waals surface area contributed by atoms with Crippen LogP contribution in [0.25, 0.3) is 0 Å². The van der Waals surface area contributed by atoms with Gasteiger partial charge in [0.05, 0.1) is 4.88 Å². The van der Waals surface area contributed by atoms with Crippen molar-refractivity contribution in [2.75, 3.05) is 36.4 Å². The Hall–Kier alpha value is -2.34. The van der Waals surface area contributed by atoms with Gasteiger partial charge < -0.3 is 15.1 Å². The minimum atomic E-state index is 0.135. The molecule has 1 aromatic carbocycles. The van der Waals surface area contributed by atoms with Crippen molar-refractivity contribution in [3.8, 4) is 0 Å². The number of piperazine rings is 1. The highest BCUT2D eigenvalue weighted by Gasteiger charge is 2.23. The molecule has 1 aromatic heterocycles. The molecule has 2 fully saturated rings. The summed E-state index contributed by atoms with van der Waals surface area (Å²) in [7, 11) is 0. The first-order valence-electron chi connectivity index (χ1n) is 10.2. The number of thiophene rings is 1. The maximum absolute atomic E-state index is 12.5. The van der Waals surface area contributed by atoms with Crippen LogP contribution < -0.4 is 10.2 Å². The fraction of sp³-hybridized carbons (Fsp3) is 0.455. The molecule has 6 heteroatoms. The Balaban J connectivity index is 1.30. The highest BCUT2D eigenvalue weighted by molar-refractivity contribution is 7.12. The standard InChI is InChI=1S/C22H27N3O2S/c26-21(17-5-2-1-3-6-17)23-18-8-10-19(11-9-18)24-12-14-25(15-13-24)22(27)20-7-4-16-28-20/h4,7-11,16-17H,1-3,5-6,12-15H2,(H,23,26). The summed E-state index contributed by atoms with van der Waals surface area (Å²) in [6.07, 6.45) is 5.61. The predicted octanol–water partition coefficient (Wildman–Crippen LogP) is 4.23. The third-order valence-corrected chi connectivity index (χ3v) is 6.63. The van der Waals surface area contributed by atoms with Crippen molar-refractivity contribution < 1.29 is 9.59 Å². The quantitative estimate of drug-likeness (QED) is 0.840. The van der Waals surface area contributed by atoms with Crippen molar-refractivity contribution in [3.05, 3.63) is 46.7 Å². The third-order valence-electron chi connectivity index (χ3n) is 5.77. The molecule has 148 valence electrons. The van der Waals surface area contributed by atoms with E-state index in [0.29, 0.717) is 0 Å². The molecular weight excluding hydrogens is 370 g/mol. The zero-order valence-electron chi connectivity index (χ0n) is 16.1. The van der Waals surface area contributed by atoms with Gasteiger partial charge in [-0.05, 0) is 48.6 Å². The SMILES string of the molecule is O=C(Nc1ccc(N2CCN(C(=O)c3cccs3)CC2)cc1)C1CCCCC1. The number of hydrogen-bond acceptors (Lipinski definition) is 4. The molecule has 28 heavy (non-hydrogen) atoms. The molecule has 2 heterocycles. The summed E-state index contributed by atoms with van der Waals surface area (Å²) in [5.74, 6) is 0.464. The molecule has 2 amide bonds. The number of anilines is 2. The van der Waals surface area contributed by atoms with Crippen LogP contribution >= 0.6 is 11.3 Å². The maximum Gasteiger partial charge on any atom is 0.264 e. The van der Waals surface area contributed by atoms with Crippen molar-refractivity contribution in [1.82, 2.24) is 4.90 Å². The van der Waals surface area contributed by atoms with Crippen LogP contribution in [-0.4, -0.2) is 42.9 Å². The van der Waals surface area contributed by atoms with Gasteiger partial charge in [0.1, 0.15) is 0 Å². The first-order valence-corrected chi connectivity index (χ1v) is 11.1. The summed E-state index contributed by atoms with van der Waals surface area (Å²) in [5, 5.41) is 5.01. The Kier molecular flexibility index (Phi) is 5.95. The van der Waals surface area contributed by atoms with E-state index in [2.05, 4.69) is 22.3 Å². The molecule has 1 saturated carbocycles. The number of nitrogens with zero attached hydrogens (tertiary/aromatic N) is 2. The largest absolute Gasteiger partial charge is 0.368 e. The van der Waals surface area contributed by atoms with Gasteiger partial charge in [0.2, 0.25) is 5.91 Å². The number of hydrogen-bond donors (Lipinski definition) is 1. The summed E-state index contributed by atoms with van der Waals surface area (Å²) in [6.45, 7) is 3.11. The Morgan fingerprint density at radius 2 is 1.64 bits per heavy atom. The lowest BCUT2D eigenvalue weighted by atomic mass is 9.88. The molecule has 4 rings (SSSR count). The second kappa shape index (κ2) is 8.78. The summed E-state index contributed by atoms with van der Waals surface area (Å²) >= 11 is 1.50. The van der Waals surface area contributed by atoms with E-state index in [1.807, 2.05) is 34.5 Å². The van der Waals surface area contributed by atoms with Gasteiger partial charge in [-0.15, -0.1) is 11.3 Å². The molecule has 0 unspecified atom stereocenters. The van der Waals surface area contributed by atoms with Gasteiger partial charge in [0.25, 0.3) is 5.91 Å². The Labute approximate surface area is 170 Å². The fourth-order valence-electron chi connectivity index (χ4n) is 4.09. The van der Waals surface area contributed by atoms with Crippen LogP contribution in [-0.2, 0) is 4.79 Å². The second-order valence-corrected chi connectivity index (χ2v) is 8.58. The lowest BCUT2D eigenvalue weighted by molar-refractivity contribution is -0.120. The number of benzene rings is 1. The molecular formula is C22H27N3O2S. The molecule has 2 aromatic rings. The van der Waals surface area contributed by atoms with E-state index < -0.39 is 0 Å². The number of carbonyl (C=O) groups excluding carboxylic acids is 2. The fourth-order valence-corrected chi connectivity index (χ4v) is 4.78. The van der Waals surface area contributed by atoms with Gasteiger partial charge in [0.15, 0.2) is 0 Å². The summed E-state index contributed by atoms with van der Waals surface area (Å²) < 4.78 is 0. The van der Waals surface area contributed by atoms with Gasteiger partial charge in [-0.1, -0.05) is 25.3 Å². The Bertz CT molecular complexity index is 790. The zero-order chi connectivity index (χ0) is 19.3. The number of nitrogens with one attached hydrogen (secondary N) is 1. The minimum Gasteiger partial charge on any atom is -0.368 e. The normalized spacial score (nSPS) is 18.1. The topological polar surface area (TPSA) is 52.7 Å². The van der Waals surface area contributed by atoms with Gasteiger partial charge >= 0.3 is 0 Å². The van der Waals surface area contributed by atoms with Crippen molar-refractivity contribution in [2.24, 2.45) is 5.92 Å². The van der Waals surface area contributed by atoms with Crippen molar-refractivity contribution in [3.63, 3.8) is 0 Å². The molecule has 0 radical (unpaired) electrons. The van der Waals surface area contributed by atoms with Crippen LogP contribution in [0.15, 0.2) is 41.8 Å². The van der Waals surface area contributed by atoms with E-state index in [9.17, 15) is 9.59 Å². The van der Waals surface area contributed by atoms with Crippen LogP contribution in [0.3, 0.4) is 0 Å². The molecule has 1 aliphatic carbocycles. The summed E-state index contributed by atoms with van der Waals surface area (Å²) in [5.41, 5.74) is 2.00. The molecule has 2 aliphatic rings. The Morgan fingerprint density at radius 1 is 0.929 bits per heavy atom. The van der Waals surface area contributed by atoms with E-state index >= 15 is 0 Å². The number of amides is 2. The monoisotopic (exact) mass is 397 g/mol. The third kappa shape index (κ3) is 4.38. The van der Waals surface area contributed by atoms with E-state index in [-0.39, 0.29) is 17.7 Å². The van der Waals surface area contributed by atoms with Crippen molar-refractivity contribution in [1.29, 1.82) is 0 Å². The first-order chi connectivity index (χ1) is 13.7. The lowest BCUT2D eigenvalue weighted by Gasteiger charge is -2.36. The molecule has 1 aliphatic heterocycles. The molecule has 1 N–H and O–H groups in total. The highest BCUT2D eigenvalue weighted by Crippen LogP contribution is 2.26. The molecule has 1 saturated heterocycles. The highest BCUT2D eigenvalue weighted by atomic mass is 32.1. The zero-order valence-corrected chi connectivity index (χ0v) is 16.9. The van der Waals surface area contributed by atoms with Crippen LogP contribution in [0, 0.1) is 5.92 Å². The van der Waals surface area contributed by atoms with Gasteiger partial charge in [-0.3, -0.25) is 9.59 Å². The molecule has 0 bridgehead atoms. The summed E-state index contributed by atoms with van der Waals surface area (Å²) in [4.78, 5) is 29.9. The summed E-state index contributed by atoms with van der Waals surface area (Å²) in [6, 6.07) is 11.9. The van der Waals surface area contributed by atoms with Crippen molar-refractivity contribution >= 4 is 34.5 Å². The minimum absolute atomic E-state index is 0.135. The van der Waals surface area contributed by atoms with Crippen LogP contribution in [0.5, 0.6) is 0 Å². The van der Waals surface area contributed by atoms with E-state index in [1.54, 1.807) is 0 Å². The molecule has 0 atom stereocenters. The Morgan fingerprint density at radius 3 is 2.29 bits per heavy atom. The second-order valence-electron chi connectivity index (χ2n) is 7.63. The van der Waals surface area contributed by atoms with Gasteiger partial charge in [-0.2, -0.15) is 0 Å². The van der Waals surface area contributed by atoms with Gasteiger partial charge in [-0.25, -0.2) is 0 Å². The molecule has 0 spiro atoms. The first kappa shape index (κ1) is 19.0. The van der Waals surface area contributed by atoms with Crippen LogP contribution in [0.1, 0.15) is 41.8 Å². The van der Waals surface area contributed by atoms with E-state index in [1.165, 1.54) is 17.8 Å². The smallest absolute Gasteiger partial charge is 0.264 e. The molecule has 5 nitrogen and oxygen atoms in total. The van der Waals surface area contributed by atoms with Gasteiger partial charge in [0, 0.05) is 43.5 Å². The predicted molar refractivity (Wildman–Crippen MR) is 114 cm³/mol. The van der Waals surface area contributed by atoms with E-state index in [0.717, 1.165) is 68.1 Å².